The molecule has 0 spiro atoms. The molecule has 1 aromatic heterocycles. The van der Waals surface area contributed by atoms with E-state index in [9.17, 15) is 4.39 Å². The third kappa shape index (κ3) is 2.42. The number of nitrogens with zero attached hydrogens (tertiary/aromatic N) is 2. The van der Waals surface area contributed by atoms with Crippen molar-refractivity contribution in [2.45, 2.75) is 6.92 Å². The molecule has 19 heavy (non-hydrogen) atoms. The zero-order valence-corrected chi connectivity index (χ0v) is 10.9. The largest absolute Gasteiger partial charge is 0.493 e. The van der Waals surface area contributed by atoms with Crippen LogP contribution in [0, 0.1) is 12.7 Å². The summed E-state index contributed by atoms with van der Waals surface area (Å²) < 4.78 is 23.7. The first-order valence-corrected chi connectivity index (χ1v) is 5.58. The fourth-order valence-corrected chi connectivity index (χ4v) is 1.69. The summed E-state index contributed by atoms with van der Waals surface area (Å²) in [5.41, 5.74) is 6.38. The van der Waals surface area contributed by atoms with Crippen molar-refractivity contribution in [2.24, 2.45) is 0 Å². The molecule has 0 bridgehead atoms. The molecule has 0 amide bonds. The Labute approximate surface area is 110 Å². The van der Waals surface area contributed by atoms with Crippen LogP contribution in [0.15, 0.2) is 18.2 Å². The SMILES string of the molecule is COc1ccc(-c2nc(C)c(F)c(N)n2)cc1OC. The molecule has 0 aliphatic carbocycles. The van der Waals surface area contributed by atoms with Gasteiger partial charge in [-0.05, 0) is 25.1 Å². The second-order valence-corrected chi connectivity index (χ2v) is 3.90. The van der Waals surface area contributed by atoms with Gasteiger partial charge < -0.3 is 15.2 Å². The summed E-state index contributed by atoms with van der Waals surface area (Å²) >= 11 is 0. The highest BCUT2D eigenvalue weighted by molar-refractivity contribution is 5.62. The van der Waals surface area contributed by atoms with Crippen LogP contribution in [-0.2, 0) is 0 Å². The Balaban J connectivity index is 2.53. The lowest BCUT2D eigenvalue weighted by Crippen LogP contribution is -2.03. The topological polar surface area (TPSA) is 70.3 Å². The van der Waals surface area contributed by atoms with Gasteiger partial charge in [-0.3, -0.25) is 0 Å². The molecule has 100 valence electrons. The van der Waals surface area contributed by atoms with E-state index >= 15 is 0 Å². The fraction of sp³-hybridized carbons (Fsp3) is 0.231. The van der Waals surface area contributed by atoms with Crippen molar-refractivity contribution in [3.63, 3.8) is 0 Å². The summed E-state index contributed by atoms with van der Waals surface area (Å²) in [6.07, 6.45) is 0. The van der Waals surface area contributed by atoms with E-state index in [1.54, 1.807) is 25.3 Å². The first kappa shape index (κ1) is 13.1. The molecule has 0 radical (unpaired) electrons. The molecule has 1 aromatic carbocycles. The van der Waals surface area contributed by atoms with Gasteiger partial charge in [-0.1, -0.05) is 0 Å². The second-order valence-electron chi connectivity index (χ2n) is 3.90. The normalized spacial score (nSPS) is 10.3. The fourth-order valence-electron chi connectivity index (χ4n) is 1.69. The molecule has 2 aromatic rings. The molecular weight excluding hydrogens is 249 g/mol. The summed E-state index contributed by atoms with van der Waals surface area (Å²) in [5, 5.41) is 0. The number of ether oxygens (including phenoxy) is 2. The number of nitrogen functional groups attached to an aromatic ring is 1. The van der Waals surface area contributed by atoms with E-state index in [1.807, 2.05) is 0 Å². The van der Waals surface area contributed by atoms with Crippen LogP contribution in [0.2, 0.25) is 0 Å². The predicted molar refractivity (Wildman–Crippen MR) is 69.7 cm³/mol. The Morgan fingerprint density at radius 3 is 2.37 bits per heavy atom. The number of rotatable bonds is 3. The molecule has 0 atom stereocenters. The number of nitrogens with two attached hydrogens (primary N) is 1. The van der Waals surface area contributed by atoms with E-state index in [2.05, 4.69) is 9.97 Å². The number of aryl methyl sites for hydroxylation is 1. The molecule has 0 aliphatic rings. The van der Waals surface area contributed by atoms with Gasteiger partial charge in [-0.2, -0.15) is 0 Å². The highest BCUT2D eigenvalue weighted by atomic mass is 19.1. The zero-order valence-electron chi connectivity index (χ0n) is 10.9. The summed E-state index contributed by atoms with van der Waals surface area (Å²) in [4.78, 5) is 8.00. The molecule has 0 fully saturated rings. The van der Waals surface area contributed by atoms with Gasteiger partial charge in [-0.25, -0.2) is 14.4 Å². The lowest BCUT2D eigenvalue weighted by atomic mass is 10.2. The molecule has 0 unspecified atom stereocenters. The van der Waals surface area contributed by atoms with E-state index in [-0.39, 0.29) is 11.5 Å². The van der Waals surface area contributed by atoms with Crippen molar-refractivity contribution in [1.82, 2.24) is 9.97 Å². The van der Waals surface area contributed by atoms with E-state index in [4.69, 9.17) is 15.2 Å². The summed E-state index contributed by atoms with van der Waals surface area (Å²) in [5.74, 6) is 0.723. The smallest absolute Gasteiger partial charge is 0.186 e. The number of halogens is 1. The minimum Gasteiger partial charge on any atom is -0.493 e. The Morgan fingerprint density at radius 2 is 1.79 bits per heavy atom. The number of hydrogen-bond acceptors (Lipinski definition) is 5. The van der Waals surface area contributed by atoms with Gasteiger partial charge in [0.2, 0.25) is 0 Å². The molecule has 2 rings (SSSR count). The first-order valence-electron chi connectivity index (χ1n) is 5.58. The van der Waals surface area contributed by atoms with E-state index < -0.39 is 5.82 Å². The third-order valence-electron chi connectivity index (χ3n) is 2.68. The molecule has 1 heterocycles. The van der Waals surface area contributed by atoms with Crippen LogP contribution in [0.1, 0.15) is 5.69 Å². The maximum absolute atomic E-state index is 13.4. The summed E-state index contributed by atoms with van der Waals surface area (Å²) in [7, 11) is 3.08. The molecule has 6 heteroatoms. The van der Waals surface area contributed by atoms with Crippen LogP contribution in [0.3, 0.4) is 0 Å². The minimum atomic E-state index is -0.593. The number of anilines is 1. The van der Waals surface area contributed by atoms with Crippen molar-refractivity contribution in [2.75, 3.05) is 20.0 Å². The highest BCUT2D eigenvalue weighted by Gasteiger charge is 2.12. The average molecular weight is 263 g/mol. The zero-order chi connectivity index (χ0) is 14.0. The van der Waals surface area contributed by atoms with E-state index in [1.165, 1.54) is 14.0 Å². The van der Waals surface area contributed by atoms with Crippen molar-refractivity contribution in [1.29, 1.82) is 0 Å². The Kier molecular flexibility index (Phi) is 3.50. The Bertz CT molecular complexity index is 594. The van der Waals surface area contributed by atoms with Gasteiger partial charge in [0.15, 0.2) is 29.0 Å². The van der Waals surface area contributed by atoms with Gasteiger partial charge >= 0.3 is 0 Å². The number of methoxy groups -OCH3 is 2. The van der Waals surface area contributed by atoms with Gasteiger partial charge in [0.1, 0.15) is 0 Å². The van der Waals surface area contributed by atoms with Crippen LogP contribution in [-0.4, -0.2) is 24.2 Å². The van der Waals surface area contributed by atoms with Gasteiger partial charge in [0, 0.05) is 5.56 Å². The number of benzene rings is 1. The third-order valence-corrected chi connectivity index (χ3v) is 2.68. The quantitative estimate of drug-likeness (QED) is 0.919. The molecule has 5 nitrogen and oxygen atoms in total. The standard InChI is InChI=1S/C13H14FN3O2/c1-7-11(14)12(15)17-13(16-7)8-4-5-9(18-2)10(6-8)19-3/h4-6H,1-3H3,(H2,15,16,17). The minimum absolute atomic E-state index is 0.169. The molecule has 0 aliphatic heterocycles. The van der Waals surface area contributed by atoms with Crippen molar-refractivity contribution >= 4 is 5.82 Å². The Hall–Kier alpha value is -2.37. The molecular formula is C13H14FN3O2. The summed E-state index contributed by atoms with van der Waals surface area (Å²) in [6, 6.07) is 5.20. The monoisotopic (exact) mass is 263 g/mol. The Morgan fingerprint density at radius 1 is 1.11 bits per heavy atom. The maximum Gasteiger partial charge on any atom is 0.186 e. The highest BCUT2D eigenvalue weighted by Crippen LogP contribution is 2.31. The van der Waals surface area contributed by atoms with E-state index in [0.29, 0.717) is 22.9 Å². The molecule has 0 saturated carbocycles. The van der Waals surface area contributed by atoms with Crippen LogP contribution < -0.4 is 15.2 Å². The summed E-state index contributed by atoms with van der Waals surface area (Å²) in [6.45, 7) is 1.54. The first-order chi connectivity index (χ1) is 9.06. The van der Waals surface area contributed by atoms with Crippen LogP contribution in [0.5, 0.6) is 11.5 Å². The predicted octanol–water partition coefficient (Wildman–Crippen LogP) is 2.19. The second kappa shape index (κ2) is 5.09. The van der Waals surface area contributed by atoms with Gasteiger partial charge in [0.25, 0.3) is 0 Å². The van der Waals surface area contributed by atoms with Crippen molar-refractivity contribution in [3.8, 4) is 22.9 Å². The van der Waals surface area contributed by atoms with Crippen molar-refractivity contribution in [3.05, 3.63) is 29.7 Å². The molecule has 0 saturated heterocycles. The average Bonchev–Trinajstić information content (AvgIpc) is 2.43. The maximum atomic E-state index is 13.4. The lowest BCUT2D eigenvalue weighted by molar-refractivity contribution is 0.355. The van der Waals surface area contributed by atoms with Gasteiger partial charge in [-0.15, -0.1) is 0 Å². The van der Waals surface area contributed by atoms with Crippen molar-refractivity contribution < 1.29 is 13.9 Å². The van der Waals surface area contributed by atoms with Gasteiger partial charge in [0.05, 0.1) is 19.9 Å². The van der Waals surface area contributed by atoms with E-state index in [0.717, 1.165) is 0 Å². The number of aromatic nitrogens is 2. The van der Waals surface area contributed by atoms with Crippen LogP contribution >= 0.6 is 0 Å². The lowest BCUT2D eigenvalue weighted by Gasteiger charge is -2.10. The van der Waals surface area contributed by atoms with Crippen LogP contribution in [0.25, 0.3) is 11.4 Å². The number of hydrogen-bond donors (Lipinski definition) is 1. The molecule has 2 N–H and O–H groups in total. The van der Waals surface area contributed by atoms with Crippen LogP contribution in [0.4, 0.5) is 10.2 Å².